The van der Waals surface area contributed by atoms with E-state index in [1.165, 1.54) is 4.90 Å². The minimum atomic E-state index is -0.996. The van der Waals surface area contributed by atoms with Crippen molar-refractivity contribution < 1.29 is 14.7 Å². The molecule has 0 fully saturated rings. The number of carboxylic acids is 1. The zero-order chi connectivity index (χ0) is 11.8. The molecule has 1 unspecified atom stereocenters. The SMILES string of the molecule is CCN(CC(=O)O)C(=O)NC(C)CSC. The largest absolute Gasteiger partial charge is 0.480 e. The molecule has 5 nitrogen and oxygen atoms in total. The predicted molar refractivity (Wildman–Crippen MR) is 61.3 cm³/mol. The average Bonchev–Trinajstić information content (AvgIpc) is 2.13. The first-order valence-electron chi connectivity index (χ1n) is 4.77. The number of amides is 2. The summed E-state index contributed by atoms with van der Waals surface area (Å²) in [6.07, 6.45) is 1.96. The molecule has 0 bridgehead atoms. The Kier molecular flexibility index (Phi) is 6.94. The standard InChI is InChI=1S/C9H18N2O3S/c1-4-11(5-8(12)13)9(14)10-7(2)6-15-3/h7H,4-6H2,1-3H3,(H,10,14)(H,12,13). The van der Waals surface area contributed by atoms with Crippen LogP contribution >= 0.6 is 11.8 Å². The van der Waals surface area contributed by atoms with E-state index in [-0.39, 0.29) is 18.6 Å². The minimum Gasteiger partial charge on any atom is -0.480 e. The van der Waals surface area contributed by atoms with Crippen molar-refractivity contribution in [3.8, 4) is 0 Å². The lowest BCUT2D eigenvalue weighted by atomic mass is 10.4. The molecular formula is C9H18N2O3S. The van der Waals surface area contributed by atoms with Crippen LogP contribution in [-0.2, 0) is 4.79 Å². The maximum atomic E-state index is 11.5. The quantitative estimate of drug-likeness (QED) is 0.715. The highest BCUT2D eigenvalue weighted by Crippen LogP contribution is 1.98. The molecule has 2 N–H and O–H groups in total. The van der Waals surface area contributed by atoms with Gasteiger partial charge in [0.25, 0.3) is 0 Å². The number of aliphatic carboxylic acids is 1. The number of hydrogen-bond acceptors (Lipinski definition) is 3. The Morgan fingerprint density at radius 2 is 2.13 bits per heavy atom. The molecule has 0 radical (unpaired) electrons. The molecule has 0 rings (SSSR count). The number of urea groups is 1. The maximum absolute atomic E-state index is 11.5. The molecule has 1 atom stereocenters. The van der Waals surface area contributed by atoms with E-state index in [1.807, 2.05) is 13.2 Å². The molecule has 6 heteroatoms. The van der Waals surface area contributed by atoms with Crippen LogP contribution in [0.1, 0.15) is 13.8 Å². The van der Waals surface area contributed by atoms with E-state index in [9.17, 15) is 9.59 Å². The molecule has 0 aliphatic carbocycles. The lowest BCUT2D eigenvalue weighted by Gasteiger charge is -2.21. The van der Waals surface area contributed by atoms with Crippen LogP contribution in [0, 0.1) is 0 Å². The van der Waals surface area contributed by atoms with Crippen molar-refractivity contribution in [3.05, 3.63) is 0 Å². The Hall–Kier alpha value is -0.910. The van der Waals surface area contributed by atoms with Crippen molar-refractivity contribution >= 4 is 23.8 Å². The fourth-order valence-corrected chi connectivity index (χ4v) is 1.67. The van der Waals surface area contributed by atoms with Gasteiger partial charge in [0.1, 0.15) is 6.54 Å². The number of nitrogens with one attached hydrogen (secondary N) is 1. The Morgan fingerprint density at radius 1 is 1.53 bits per heavy atom. The molecular weight excluding hydrogens is 216 g/mol. The fourth-order valence-electron chi connectivity index (χ4n) is 1.08. The van der Waals surface area contributed by atoms with Gasteiger partial charge in [-0.1, -0.05) is 0 Å². The number of hydrogen-bond donors (Lipinski definition) is 2. The summed E-state index contributed by atoms with van der Waals surface area (Å²) in [6, 6.07) is -0.267. The van der Waals surface area contributed by atoms with E-state index >= 15 is 0 Å². The van der Waals surface area contributed by atoms with Gasteiger partial charge in [-0.05, 0) is 20.1 Å². The molecule has 0 aliphatic heterocycles. The third-order valence-electron chi connectivity index (χ3n) is 1.78. The highest BCUT2D eigenvalue weighted by atomic mass is 32.2. The Labute approximate surface area is 94.2 Å². The molecule has 0 aromatic carbocycles. The summed E-state index contributed by atoms with van der Waals surface area (Å²) < 4.78 is 0. The lowest BCUT2D eigenvalue weighted by Crippen LogP contribution is -2.46. The summed E-state index contributed by atoms with van der Waals surface area (Å²) in [5.74, 6) is -0.180. The van der Waals surface area contributed by atoms with Crippen molar-refractivity contribution in [2.75, 3.05) is 25.1 Å². The zero-order valence-corrected chi connectivity index (χ0v) is 10.1. The summed E-state index contributed by atoms with van der Waals surface area (Å²) in [6.45, 7) is 3.78. The van der Waals surface area contributed by atoms with Gasteiger partial charge in [0.2, 0.25) is 0 Å². The number of carbonyl (C=O) groups excluding carboxylic acids is 1. The van der Waals surface area contributed by atoms with Crippen molar-refractivity contribution in [3.63, 3.8) is 0 Å². The second-order valence-electron chi connectivity index (χ2n) is 3.21. The number of carbonyl (C=O) groups is 2. The first-order chi connectivity index (χ1) is 7.01. The van der Waals surface area contributed by atoms with Crippen LogP contribution < -0.4 is 5.32 Å². The average molecular weight is 234 g/mol. The van der Waals surface area contributed by atoms with Crippen molar-refractivity contribution in [1.29, 1.82) is 0 Å². The van der Waals surface area contributed by atoms with Gasteiger partial charge >= 0.3 is 12.0 Å². The molecule has 0 saturated heterocycles. The van der Waals surface area contributed by atoms with Crippen LogP contribution in [0.5, 0.6) is 0 Å². The van der Waals surface area contributed by atoms with Gasteiger partial charge in [0.15, 0.2) is 0 Å². The van der Waals surface area contributed by atoms with Crippen molar-refractivity contribution in [2.24, 2.45) is 0 Å². The van der Waals surface area contributed by atoms with Crippen LogP contribution in [0.4, 0.5) is 4.79 Å². The van der Waals surface area contributed by atoms with Crippen LogP contribution in [0.25, 0.3) is 0 Å². The topological polar surface area (TPSA) is 69.6 Å². The van der Waals surface area contributed by atoms with Gasteiger partial charge in [0, 0.05) is 18.3 Å². The summed E-state index contributed by atoms with van der Waals surface area (Å²) in [4.78, 5) is 23.3. The minimum absolute atomic E-state index is 0.0512. The zero-order valence-electron chi connectivity index (χ0n) is 9.32. The summed E-state index contributed by atoms with van der Waals surface area (Å²) >= 11 is 1.64. The Balaban J connectivity index is 4.09. The highest BCUT2D eigenvalue weighted by molar-refractivity contribution is 7.98. The van der Waals surface area contributed by atoms with Gasteiger partial charge in [-0.2, -0.15) is 11.8 Å². The van der Waals surface area contributed by atoms with Crippen LogP contribution in [0.3, 0.4) is 0 Å². The first kappa shape index (κ1) is 14.1. The first-order valence-corrected chi connectivity index (χ1v) is 6.16. The smallest absolute Gasteiger partial charge is 0.323 e. The van der Waals surface area contributed by atoms with Gasteiger partial charge < -0.3 is 15.3 Å². The second-order valence-corrected chi connectivity index (χ2v) is 4.12. The number of nitrogens with zero attached hydrogens (tertiary/aromatic N) is 1. The van der Waals surface area contributed by atoms with E-state index in [0.717, 1.165) is 5.75 Å². The normalized spacial score (nSPS) is 11.9. The van der Waals surface area contributed by atoms with E-state index in [0.29, 0.717) is 6.54 Å². The van der Waals surface area contributed by atoms with E-state index in [4.69, 9.17) is 5.11 Å². The lowest BCUT2D eigenvalue weighted by molar-refractivity contribution is -0.137. The van der Waals surface area contributed by atoms with Gasteiger partial charge in [-0.15, -0.1) is 0 Å². The Morgan fingerprint density at radius 3 is 2.53 bits per heavy atom. The van der Waals surface area contributed by atoms with E-state index < -0.39 is 5.97 Å². The number of carboxylic acid groups (broad SMARTS) is 1. The molecule has 0 heterocycles. The van der Waals surface area contributed by atoms with Crippen molar-refractivity contribution in [2.45, 2.75) is 19.9 Å². The van der Waals surface area contributed by atoms with Gasteiger partial charge in [0.05, 0.1) is 0 Å². The molecule has 0 aromatic heterocycles. The van der Waals surface area contributed by atoms with Crippen LogP contribution in [-0.4, -0.2) is 53.1 Å². The molecule has 0 aliphatic rings. The molecule has 0 spiro atoms. The number of likely N-dealkylation sites (N-methyl/N-ethyl adjacent to an activating group) is 1. The summed E-state index contributed by atoms with van der Waals surface area (Å²) in [5.41, 5.74) is 0. The van der Waals surface area contributed by atoms with Crippen molar-refractivity contribution in [1.82, 2.24) is 10.2 Å². The van der Waals surface area contributed by atoms with E-state index in [2.05, 4.69) is 5.32 Å². The molecule has 88 valence electrons. The third-order valence-corrected chi connectivity index (χ3v) is 2.61. The fraction of sp³-hybridized carbons (Fsp3) is 0.778. The maximum Gasteiger partial charge on any atom is 0.323 e. The third kappa shape index (κ3) is 6.22. The molecule has 15 heavy (non-hydrogen) atoms. The van der Waals surface area contributed by atoms with E-state index in [1.54, 1.807) is 18.7 Å². The van der Waals surface area contributed by atoms with Gasteiger partial charge in [-0.3, -0.25) is 4.79 Å². The molecule has 0 aromatic rings. The molecule has 2 amide bonds. The Bertz CT molecular complexity index is 223. The second kappa shape index (κ2) is 7.39. The monoisotopic (exact) mass is 234 g/mol. The van der Waals surface area contributed by atoms with Crippen LogP contribution in [0.2, 0.25) is 0 Å². The predicted octanol–water partition coefficient (Wildman–Crippen LogP) is 0.854. The summed E-state index contributed by atoms with van der Waals surface area (Å²) in [5, 5.41) is 11.3. The number of thioether (sulfide) groups is 1. The number of rotatable bonds is 6. The van der Waals surface area contributed by atoms with Crippen LogP contribution in [0.15, 0.2) is 0 Å². The summed E-state index contributed by atoms with van der Waals surface area (Å²) in [7, 11) is 0. The van der Waals surface area contributed by atoms with Gasteiger partial charge in [-0.25, -0.2) is 4.79 Å². The molecule has 0 saturated carbocycles. The highest BCUT2D eigenvalue weighted by Gasteiger charge is 2.16.